The summed E-state index contributed by atoms with van der Waals surface area (Å²) in [6, 6.07) is 5.95. The lowest BCUT2D eigenvalue weighted by Gasteiger charge is -2.13. The second-order valence-corrected chi connectivity index (χ2v) is 4.10. The number of nitrogens with zero attached hydrogens (tertiary/aromatic N) is 2. The number of hydrogen-bond acceptors (Lipinski definition) is 3. The van der Waals surface area contributed by atoms with Gasteiger partial charge in [-0.15, -0.1) is 0 Å². The third-order valence-electron chi connectivity index (χ3n) is 2.62. The minimum atomic E-state index is -1.08. The number of halogens is 1. The summed E-state index contributed by atoms with van der Waals surface area (Å²) in [6.45, 7) is 1.77. The number of aliphatic hydroxyl groups excluding tert-OH is 1. The largest absolute Gasteiger partial charge is 0.386 e. The number of rotatable bonds is 3. The molecule has 0 saturated carbocycles. The molecule has 0 fully saturated rings. The molecule has 0 amide bonds. The molecule has 5 heteroatoms. The van der Waals surface area contributed by atoms with Gasteiger partial charge in [0.1, 0.15) is 5.82 Å². The monoisotopic (exact) mass is 248 g/mol. The van der Waals surface area contributed by atoms with E-state index < -0.39 is 17.6 Å². The summed E-state index contributed by atoms with van der Waals surface area (Å²) in [4.78, 5) is 15.1. The van der Waals surface area contributed by atoms with Gasteiger partial charge in [-0.25, -0.2) is 14.2 Å². The molecule has 0 bridgehead atoms. The van der Waals surface area contributed by atoms with Gasteiger partial charge in [-0.05, 0) is 18.6 Å². The van der Waals surface area contributed by atoms with E-state index in [1.54, 1.807) is 25.3 Å². The predicted octanol–water partition coefficient (Wildman–Crippen LogP) is 1.42. The van der Waals surface area contributed by atoms with Gasteiger partial charge in [0.25, 0.3) is 0 Å². The van der Waals surface area contributed by atoms with E-state index in [0.29, 0.717) is 0 Å². The standard InChI is InChI=1S/C13H13FN2O2/c1-9-6-15-13(18)16(7-9)8-12(17)10-4-2-3-5-11(10)14/h2-7,12,17H,8H2,1H3. The van der Waals surface area contributed by atoms with Crippen LogP contribution in [0.5, 0.6) is 0 Å². The molecule has 1 atom stereocenters. The summed E-state index contributed by atoms with van der Waals surface area (Å²) >= 11 is 0. The Balaban J connectivity index is 2.27. The lowest BCUT2D eigenvalue weighted by Crippen LogP contribution is -2.25. The number of benzene rings is 1. The summed E-state index contributed by atoms with van der Waals surface area (Å²) < 4.78 is 14.7. The van der Waals surface area contributed by atoms with Crippen molar-refractivity contribution in [2.45, 2.75) is 19.6 Å². The Kier molecular flexibility index (Phi) is 3.53. The zero-order chi connectivity index (χ0) is 13.1. The van der Waals surface area contributed by atoms with Crippen molar-refractivity contribution < 1.29 is 9.50 Å². The molecule has 1 heterocycles. The highest BCUT2D eigenvalue weighted by Gasteiger charge is 2.13. The van der Waals surface area contributed by atoms with Crippen molar-refractivity contribution in [1.29, 1.82) is 0 Å². The van der Waals surface area contributed by atoms with E-state index in [1.165, 1.54) is 22.9 Å². The first-order chi connectivity index (χ1) is 8.58. The van der Waals surface area contributed by atoms with E-state index in [9.17, 15) is 14.3 Å². The molecule has 2 aromatic rings. The molecule has 1 N–H and O–H groups in total. The third kappa shape index (κ3) is 2.62. The lowest BCUT2D eigenvalue weighted by molar-refractivity contribution is 0.150. The SMILES string of the molecule is Cc1cnc(=O)n(CC(O)c2ccccc2F)c1. The van der Waals surface area contributed by atoms with Gasteiger partial charge in [-0.2, -0.15) is 0 Å². The second-order valence-electron chi connectivity index (χ2n) is 4.10. The van der Waals surface area contributed by atoms with E-state index in [0.717, 1.165) is 5.56 Å². The Morgan fingerprint density at radius 1 is 1.44 bits per heavy atom. The van der Waals surface area contributed by atoms with Crippen LogP contribution >= 0.6 is 0 Å². The minimum absolute atomic E-state index is 0.0194. The molecule has 1 aromatic heterocycles. The van der Waals surface area contributed by atoms with Gasteiger partial charge in [-0.3, -0.25) is 4.57 Å². The Morgan fingerprint density at radius 2 is 2.17 bits per heavy atom. The second kappa shape index (κ2) is 5.10. The van der Waals surface area contributed by atoms with Crippen molar-refractivity contribution in [2.75, 3.05) is 0 Å². The topological polar surface area (TPSA) is 55.1 Å². The van der Waals surface area contributed by atoms with Gasteiger partial charge in [0.2, 0.25) is 0 Å². The molecular weight excluding hydrogens is 235 g/mol. The first-order valence-corrected chi connectivity index (χ1v) is 5.53. The Bertz CT molecular complexity index is 610. The fourth-order valence-corrected chi connectivity index (χ4v) is 1.73. The molecule has 0 saturated heterocycles. The van der Waals surface area contributed by atoms with Crippen LogP contribution < -0.4 is 5.69 Å². The molecule has 94 valence electrons. The van der Waals surface area contributed by atoms with E-state index in [4.69, 9.17) is 0 Å². The van der Waals surface area contributed by atoms with E-state index in [2.05, 4.69) is 4.98 Å². The fourth-order valence-electron chi connectivity index (χ4n) is 1.73. The Hall–Kier alpha value is -2.01. The van der Waals surface area contributed by atoms with Crippen LogP contribution in [0, 0.1) is 12.7 Å². The molecule has 1 unspecified atom stereocenters. The Labute approximate surface area is 103 Å². The van der Waals surface area contributed by atoms with Gasteiger partial charge in [0.15, 0.2) is 0 Å². The average molecular weight is 248 g/mol. The Morgan fingerprint density at radius 3 is 2.89 bits per heavy atom. The van der Waals surface area contributed by atoms with Crippen molar-refractivity contribution in [3.05, 3.63) is 64.1 Å². The van der Waals surface area contributed by atoms with Crippen LogP contribution in [-0.4, -0.2) is 14.7 Å². The number of hydrogen-bond donors (Lipinski definition) is 1. The van der Waals surface area contributed by atoms with E-state index >= 15 is 0 Å². The molecule has 0 radical (unpaired) electrons. The quantitative estimate of drug-likeness (QED) is 0.893. The summed E-state index contributed by atoms with van der Waals surface area (Å²) in [6.07, 6.45) is 1.96. The first kappa shape index (κ1) is 12.4. The van der Waals surface area contributed by atoms with Crippen LogP contribution in [0.2, 0.25) is 0 Å². The van der Waals surface area contributed by atoms with Gasteiger partial charge < -0.3 is 5.11 Å². The molecule has 18 heavy (non-hydrogen) atoms. The number of aryl methyl sites for hydroxylation is 1. The van der Waals surface area contributed by atoms with Crippen LogP contribution in [0.15, 0.2) is 41.5 Å². The summed E-state index contributed by atoms with van der Waals surface area (Å²) in [5.41, 5.74) is 0.511. The van der Waals surface area contributed by atoms with Crippen molar-refractivity contribution in [2.24, 2.45) is 0 Å². The molecule has 4 nitrogen and oxygen atoms in total. The van der Waals surface area contributed by atoms with Crippen molar-refractivity contribution >= 4 is 0 Å². The molecular formula is C13H13FN2O2. The molecule has 0 spiro atoms. The van der Waals surface area contributed by atoms with Gasteiger partial charge in [0, 0.05) is 18.0 Å². The summed E-state index contributed by atoms with van der Waals surface area (Å²) in [5.74, 6) is -0.487. The van der Waals surface area contributed by atoms with E-state index in [-0.39, 0.29) is 12.1 Å². The zero-order valence-corrected chi connectivity index (χ0v) is 9.88. The molecule has 1 aromatic carbocycles. The van der Waals surface area contributed by atoms with Crippen LogP contribution in [0.4, 0.5) is 4.39 Å². The van der Waals surface area contributed by atoms with Crippen LogP contribution in [-0.2, 0) is 6.54 Å². The molecule has 2 rings (SSSR count). The molecule has 0 aliphatic rings. The fraction of sp³-hybridized carbons (Fsp3) is 0.231. The van der Waals surface area contributed by atoms with Crippen LogP contribution in [0.25, 0.3) is 0 Å². The van der Waals surface area contributed by atoms with Crippen molar-refractivity contribution in [1.82, 2.24) is 9.55 Å². The normalized spacial score (nSPS) is 12.4. The summed E-state index contributed by atoms with van der Waals surface area (Å²) in [5, 5.41) is 9.94. The molecule has 0 aliphatic carbocycles. The molecule has 0 aliphatic heterocycles. The number of aromatic nitrogens is 2. The smallest absolute Gasteiger partial charge is 0.347 e. The maximum absolute atomic E-state index is 13.5. The van der Waals surface area contributed by atoms with Crippen molar-refractivity contribution in [3.63, 3.8) is 0 Å². The maximum atomic E-state index is 13.5. The highest BCUT2D eigenvalue weighted by Crippen LogP contribution is 2.17. The number of aliphatic hydroxyl groups is 1. The van der Waals surface area contributed by atoms with E-state index in [1.807, 2.05) is 0 Å². The van der Waals surface area contributed by atoms with Crippen molar-refractivity contribution in [3.8, 4) is 0 Å². The predicted molar refractivity (Wildman–Crippen MR) is 64.6 cm³/mol. The third-order valence-corrected chi connectivity index (χ3v) is 2.62. The minimum Gasteiger partial charge on any atom is -0.386 e. The van der Waals surface area contributed by atoms with Crippen LogP contribution in [0.3, 0.4) is 0 Å². The van der Waals surface area contributed by atoms with Gasteiger partial charge in [-0.1, -0.05) is 18.2 Å². The highest BCUT2D eigenvalue weighted by molar-refractivity contribution is 5.19. The maximum Gasteiger partial charge on any atom is 0.347 e. The lowest BCUT2D eigenvalue weighted by atomic mass is 10.1. The van der Waals surface area contributed by atoms with Crippen LogP contribution in [0.1, 0.15) is 17.2 Å². The highest BCUT2D eigenvalue weighted by atomic mass is 19.1. The van der Waals surface area contributed by atoms with Gasteiger partial charge in [0.05, 0.1) is 12.6 Å². The van der Waals surface area contributed by atoms with Gasteiger partial charge >= 0.3 is 5.69 Å². The first-order valence-electron chi connectivity index (χ1n) is 5.53. The zero-order valence-electron chi connectivity index (χ0n) is 9.88. The summed E-state index contributed by atoms with van der Waals surface area (Å²) in [7, 11) is 0. The average Bonchev–Trinajstić information content (AvgIpc) is 2.34.